The Labute approximate surface area is 191 Å². The molecule has 1 heterocycles. The Morgan fingerprint density at radius 2 is 1.56 bits per heavy atom. The van der Waals surface area contributed by atoms with E-state index < -0.39 is 5.97 Å². The van der Waals surface area contributed by atoms with Crippen molar-refractivity contribution in [3.63, 3.8) is 0 Å². The summed E-state index contributed by atoms with van der Waals surface area (Å²) >= 11 is 0. The summed E-state index contributed by atoms with van der Waals surface area (Å²) in [6.45, 7) is 15.7. The average Bonchev–Trinajstić information content (AvgIpc) is 2.79. The second-order valence-corrected chi connectivity index (χ2v) is 6.23. The maximum atomic E-state index is 11.7. The number of benzene rings is 2. The van der Waals surface area contributed by atoms with Crippen LogP contribution < -0.4 is 5.43 Å². The highest BCUT2D eigenvalue weighted by Crippen LogP contribution is 2.40. The maximum Gasteiger partial charge on any atom is 0.335 e. The second-order valence-electron chi connectivity index (χ2n) is 6.23. The first kappa shape index (κ1) is 28.7. The van der Waals surface area contributed by atoms with E-state index in [9.17, 15) is 19.8 Å². The number of carboxylic acids is 1. The molecule has 3 rings (SSSR count). The number of carbonyl (C=O) groups is 1. The van der Waals surface area contributed by atoms with Crippen LogP contribution in [-0.2, 0) is 4.79 Å². The van der Waals surface area contributed by atoms with Gasteiger partial charge in [0.1, 0.15) is 17.1 Å². The van der Waals surface area contributed by atoms with E-state index in [0.717, 1.165) is 0 Å². The van der Waals surface area contributed by atoms with Crippen LogP contribution in [-0.4, -0.2) is 16.2 Å². The Morgan fingerprint density at radius 3 is 2.06 bits per heavy atom. The molecule has 2 N–H and O–H groups in total. The van der Waals surface area contributed by atoms with Gasteiger partial charge in [-0.1, -0.05) is 60.1 Å². The van der Waals surface area contributed by atoms with Gasteiger partial charge in [-0.05, 0) is 43.7 Å². The normalized spacial score (nSPS) is 10.9. The molecule has 0 aromatic heterocycles. The van der Waals surface area contributed by atoms with Gasteiger partial charge in [0.25, 0.3) is 0 Å². The van der Waals surface area contributed by atoms with Crippen molar-refractivity contribution in [3.05, 3.63) is 69.9 Å². The third-order valence-electron chi connectivity index (χ3n) is 4.04. The molecular weight excluding hydrogens is 404 g/mol. The van der Waals surface area contributed by atoms with Crippen LogP contribution in [0.15, 0.2) is 63.3 Å². The van der Waals surface area contributed by atoms with Gasteiger partial charge in [0.15, 0.2) is 5.43 Å². The molecule has 0 bridgehead atoms. The zero-order valence-electron chi connectivity index (χ0n) is 20.4. The molecule has 1 aliphatic heterocycles. The first-order chi connectivity index (χ1) is 15.4. The maximum absolute atomic E-state index is 11.7. The fourth-order valence-corrected chi connectivity index (χ4v) is 2.98. The van der Waals surface area contributed by atoms with E-state index in [0.29, 0.717) is 33.4 Å². The first-order valence-electron chi connectivity index (χ1n) is 11.1. The van der Waals surface area contributed by atoms with Gasteiger partial charge in [0, 0.05) is 28.6 Å². The topological polar surface area (TPSA) is 87.7 Å². The van der Waals surface area contributed by atoms with Gasteiger partial charge >= 0.3 is 5.97 Å². The second kappa shape index (κ2) is 14.6. The molecule has 2 aliphatic rings. The van der Waals surface area contributed by atoms with Gasteiger partial charge < -0.3 is 14.6 Å². The van der Waals surface area contributed by atoms with Crippen LogP contribution in [0, 0.1) is 0 Å². The zero-order valence-corrected chi connectivity index (χ0v) is 20.4. The predicted octanol–water partition coefficient (Wildman–Crippen LogP) is 7.51. The van der Waals surface area contributed by atoms with Crippen LogP contribution in [0.4, 0.5) is 0 Å². The number of phenolic OH excluding ortho intramolecular Hbond substituents is 1. The number of hydrogen-bond acceptors (Lipinski definition) is 4. The molecule has 0 saturated carbocycles. The SMILES string of the molecule is C/C=C(\C(=C/C)C(=O)O)c1c2ccc(=O)cc-2oc2cc(O)ccc12.CC.CC.CCC. The molecule has 0 fully saturated rings. The first-order valence-corrected chi connectivity index (χ1v) is 11.1. The molecule has 1 aromatic rings. The number of rotatable bonds is 3. The highest BCUT2D eigenvalue weighted by molar-refractivity contribution is 6.11. The van der Waals surface area contributed by atoms with Crippen molar-refractivity contribution in [1.82, 2.24) is 0 Å². The quantitative estimate of drug-likeness (QED) is 0.250. The fourth-order valence-electron chi connectivity index (χ4n) is 2.98. The number of hydrogen-bond donors (Lipinski definition) is 2. The minimum Gasteiger partial charge on any atom is -0.508 e. The lowest BCUT2D eigenvalue weighted by atomic mass is 9.89. The van der Waals surface area contributed by atoms with Crippen LogP contribution in [0.3, 0.4) is 0 Å². The van der Waals surface area contributed by atoms with E-state index in [1.807, 2.05) is 27.7 Å². The number of fused-ring (bicyclic) bond motifs is 2. The van der Waals surface area contributed by atoms with E-state index >= 15 is 0 Å². The molecule has 1 aromatic carbocycles. The van der Waals surface area contributed by atoms with E-state index in [-0.39, 0.29) is 16.8 Å². The van der Waals surface area contributed by atoms with Crippen molar-refractivity contribution in [2.45, 2.75) is 61.8 Å². The zero-order chi connectivity index (χ0) is 24.8. The number of aromatic hydroxyl groups is 1. The van der Waals surface area contributed by atoms with E-state index in [1.54, 1.807) is 32.1 Å². The highest BCUT2D eigenvalue weighted by Gasteiger charge is 2.23. The molecule has 5 nitrogen and oxygen atoms in total. The van der Waals surface area contributed by atoms with E-state index in [4.69, 9.17) is 4.42 Å². The number of aliphatic carboxylic acids is 1. The van der Waals surface area contributed by atoms with Gasteiger partial charge in [-0.3, -0.25) is 4.79 Å². The van der Waals surface area contributed by atoms with Crippen LogP contribution >= 0.6 is 0 Å². The van der Waals surface area contributed by atoms with Crippen LogP contribution in [0.25, 0.3) is 27.9 Å². The third kappa shape index (κ3) is 6.84. The fraction of sp³-hybridized carbons (Fsp3) is 0.333. The van der Waals surface area contributed by atoms with Gasteiger partial charge in [0.05, 0.1) is 5.57 Å². The Morgan fingerprint density at radius 1 is 0.969 bits per heavy atom. The summed E-state index contributed by atoms with van der Waals surface area (Å²) < 4.78 is 5.76. The molecule has 0 unspecified atom stereocenters. The molecule has 174 valence electrons. The van der Waals surface area contributed by atoms with Crippen molar-refractivity contribution in [1.29, 1.82) is 0 Å². The van der Waals surface area contributed by atoms with Gasteiger partial charge in [0.2, 0.25) is 0 Å². The third-order valence-corrected chi connectivity index (χ3v) is 4.04. The molecule has 1 aliphatic carbocycles. The van der Waals surface area contributed by atoms with Gasteiger partial charge in [-0.2, -0.15) is 0 Å². The lowest BCUT2D eigenvalue weighted by molar-refractivity contribution is -0.132. The minimum atomic E-state index is -1.04. The van der Waals surface area contributed by atoms with Crippen molar-refractivity contribution >= 4 is 22.5 Å². The minimum absolute atomic E-state index is 0.0198. The number of allylic oxidation sites excluding steroid dienone is 2. The van der Waals surface area contributed by atoms with Crippen molar-refractivity contribution in [2.75, 3.05) is 0 Å². The van der Waals surface area contributed by atoms with E-state index in [2.05, 4.69) is 13.8 Å². The van der Waals surface area contributed by atoms with Gasteiger partial charge in [-0.15, -0.1) is 0 Å². The van der Waals surface area contributed by atoms with Crippen LogP contribution in [0.1, 0.15) is 67.4 Å². The Balaban J connectivity index is 0.00000124. The van der Waals surface area contributed by atoms with Crippen molar-refractivity contribution in [2.24, 2.45) is 0 Å². The summed E-state index contributed by atoms with van der Waals surface area (Å²) in [5.41, 5.74) is 2.10. The van der Waals surface area contributed by atoms with E-state index in [1.165, 1.54) is 36.8 Å². The van der Waals surface area contributed by atoms with Crippen molar-refractivity contribution in [3.8, 4) is 17.1 Å². The molecular formula is C27H36O5. The summed E-state index contributed by atoms with van der Waals surface area (Å²) in [6, 6.07) is 9.02. The summed E-state index contributed by atoms with van der Waals surface area (Å²) in [5.74, 6) is -0.691. The molecule has 32 heavy (non-hydrogen) atoms. The Hall–Kier alpha value is -3.34. The largest absolute Gasteiger partial charge is 0.508 e. The predicted molar refractivity (Wildman–Crippen MR) is 134 cm³/mol. The number of phenols is 1. The molecule has 0 radical (unpaired) electrons. The lowest BCUT2D eigenvalue weighted by Crippen LogP contribution is -2.06. The monoisotopic (exact) mass is 440 g/mol. The molecule has 0 amide bonds. The Kier molecular flexibility index (Phi) is 13.1. The molecule has 0 spiro atoms. The molecule has 0 atom stereocenters. The van der Waals surface area contributed by atoms with Crippen molar-refractivity contribution < 1.29 is 19.4 Å². The molecule has 0 saturated heterocycles. The molecule has 5 heteroatoms. The summed E-state index contributed by atoms with van der Waals surface area (Å²) in [7, 11) is 0. The smallest absolute Gasteiger partial charge is 0.335 e. The standard InChI is InChI=1S/C20H16O5.C3H8.2C2H6/c1-3-13(14(4-2)20(23)24)19-15-7-5-11(21)9-17(15)25-18-10-12(22)6-8-16(18)19;1-3-2;2*1-2/h3-10,21H,1-2H3,(H,23,24);3H2,1-2H3;2*1-2H3/b13-3+,14-4+;;;. The average molecular weight is 441 g/mol. The summed E-state index contributed by atoms with van der Waals surface area (Å²) in [5, 5.41) is 19.9. The Bertz CT molecular complexity index is 1090. The van der Waals surface area contributed by atoms with Crippen LogP contribution in [0.5, 0.6) is 5.75 Å². The summed E-state index contributed by atoms with van der Waals surface area (Å²) in [4.78, 5) is 23.4. The highest BCUT2D eigenvalue weighted by atomic mass is 16.4. The van der Waals surface area contributed by atoms with Gasteiger partial charge in [-0.25, -0.2) is 4.79 Å². The number of carboxylic acid groups (broad SMARTS) is 1. The van der Waals surface area contributed by atoms with Crippen LogP contribution in [0.2, 0.25) is 0 Å². The summed E-state index contributed by atoms with van der Waals surface area (Å²) in [6.07, 6.45) is 4.50. The lowest BCUT2D eigenvalue weighted by Gasteiger charge is -2.17.